The van der Waals surface area contributed by atoms with Crippen LogP contribution in [0.1, 0.15) is 233 Å². The number of hydrogen-bond donors (Lipinski definition) is 12. The number of nitrogens with zero attached hydrogens (tertiary/aromatic N) is 3. The number of ketones is 6. The average molecular weight is 1930 g/mol. The third kappa shape index (κ3) is 24.8. The Kier molecular flexibility index (Phi) is 33.6. The summed E-state index contributed by atoms with van der Waals surface area (Å²) in [5.74, 6) is -8.51. The van der Waals surface area contributed by atoms with Gasteiger partial charge < -0.3 is 84.1 Å². The largest absolute Gasteiger partial charge is 0.496 e. The molecule has 4 heterocycles. The number of primary amides is 2. The van der Waals surface area contributed by atoms with Crippen LogP contribution in [0.2, 0.25) is 0 Å². The number of urea groups is 3. The molecule has 6 saturated carbocycles. The monoisotopic (exact) mass is 1930 g/mol. The molecule has 138 heavy (non-hydrogen) atoms. The maximum Gasteiger partial charge on any atom is 0.316 e. The number of fused-ring (bicyclic) bond motifs is 4. The van der Waals surface area contributed by atoms with E-state index in [1.54, 1.807) is 35.2 Å². The molecule has 1 aromatic heterocycles. The van der Waals surface area contributed by atoms with E-state index in [4.69, 9.17) is 16.2 Å². The summed E-state index contributed by atoms with van der Waals surface area (Å²) in [6, 6.07) is 5.73. The fourth-order valence-corrected chi connectivity index (χ4v) is 22.0. The Morgan fingerprint density at radius 3 is 1.32 bits per heavy atom. The maximum atomic E-state index is 14.6. The molecule has 34 nitrogen and oxygen atoms in total. The van der Waals surface area contributed by atoms with Crippen LogP contribution in [-0.4, -0.2) is 226 Å². The van der Waals surface area contributed by atoms with Crippen LogP contribution in [0.3, 0.4) is 0 Å². The molecule has 35 heteroatoms. The Balaban J connectivity index is 0.000000199. The molecule has 2 aromatic carbocycles. The van der Waals surface area contributed by atoms with Gasteiger partial charge in [-0.25, -0.2) is 14.4 Å². The first-order chi connectivity index (χ1) is 64.6. The highest BCUT2D eigenvalue weighted by Crippen LogP contribution is 2.67. The van der Waals surface area contributed by atoms with Gasteiger partial charge in [0.1, 0.15) is 42.0 Å². The summed E-state index contributed by atoms with van der Waals surface area (Å²) in [5.41, 5.74) is 11.1. The number of benzene rings is 2. The van der Waals surface area contributed by atoms with E-state index < -0.39 is 166 Å². The number of piperidine rings is 3. The minimum Gasteiger partial charge on any atom is -0.496 e. The van der Waals surface area contributed by atoms with E-state index in [2.05, 4.69) is 87.4 Å². The van der Waals surface area contributed by atoms with E-state index >= 15 is 0 Å². The van der Waals surface area contributed by atoms with Crippen molar-refractivity contribution in [2.24, 2.45) is 115 Å². The van der Waals surface area contributed by atoms with Crippen LogP contribution in [0.5, 0.6) is 5.75 Å². The number of nitrogens with two attached hydrogens (primary N) is 2. The molecule has 0 radical (unpaired) electrons. The molecule has 754 valence electrons. The highest BCUT2D eigenvalue weighted by molar-refractivity contribution is 7.12. The molecule has 3 aromatic rings. The predicted octanol–water partition coefficient (Wildman–Crippen LogP) is 8.03. The van der Waals surface area contributed by atoms with Crippen molar-refractivity contribution < 1.29 is 91.0 Å². The number of rotatable bonds is 41. The minimum atomic E-state index is -1.10. The first-order valence-electron chi connectivity index (χ1n) is 49.1. The fourth-order valence-electron chi connectivity index (χ4n) is 21.3. The van der Waals surface area contributed by atoms with Crippen molar-refractivity contribution in [3.63, 3.8) is 0 Å². The number of carbonyl (C=O) groups excluding carboxylic acids is 18. The lowest BCUT2D eigenvalue weighted by atomic mass is 9.85. The van der Waals surface area contributed by atoms with Gasteiger partial charge in [-0.15, -0.1) is 17.9 Å². The quantitative estimate of drug-likeness (QED) is 0.0145. The number of methoxy groups -OCH3 is 1. The predicted molar refractivity (Wildman–Crippen MR) is 518 cm³/mol. The molecule has 3 saturated heterocycles. The maximum absolute atomic E-state index is 14.6. The van der Waals surface area contributed by atoms with Crippen LogP contribution in [0.25, 0.3) is 0 Å². The molecule has 15 amide bonds. The van der Waals surface area contributed by atoms with Crippen LogP contribution in [-0.2, 0) is 75.2 Å². The molecule has 9 fully saturated rings. The van der Waals surface area contributed by atoms with Gasteiger partial charge in [0.05, 0.1) is 47.8 Å². The van der Waals surface area contributed by atoms with Crippen LogP contribution >= 0.6 is 11.3 Å². The summed E-state index contributed by atoms with van der Waals surface area (Å²) in [6.45, 7) is 41.0. The number of nitrogens with one attached hydrogen (secondary N) is 10. The molecule has 7 aliphatic carbocycles. The smallest absolute Gasteiger partial charge is 0.316 e. The van der Waals surface area contributed by atoms with E-state index in [1.165, 1.54) is 34.3 Å². The van der Waals surface area contributed by atoms with Gasteiger partial charge in [0.2, 0.25) is 52.8 Å². The summed E-state index contributed by atoms with van der Waals surface area (Å²) in [4.78, 5) is 244. The molecule has 3 aliphatic heterocycles. The normalized spacial score (nSPS) is 23.8. The molecule has 3 unspecified atom stereocenters. The van der Waals surface area contributed by atoms with Crippen molar-refractivity contribution in [1.82, 2.24) is 67.9 Å². The minimum absolute atomic E-state index is 0.0196. The molecule has 10 aliphatic rings. The third-order valence-corrected chi connectivity index (χ3v) is 31.4. The lowest BCUT2D eigenvalue weighted by molar-refractivity contribution is -0.145. The fraction of sp³-hybridized carbons (Fsp3) is 0.650. The molecule has 0 bridgehead atoms. The van der Waals surface area contributed by atoms with Crippen molar-refractivity contribution in [3.8, 4) is 5.75 Å². The summed E-state index contributed by atoms with van der Waals surface area (Å²) in [7, 11) is 1.47. The van der Waals surface area contributed by atoms with E-state index in [1.807, 2.05) is 140 Å². The van der Waals surface area contributed by atoms with Crippen molar-refractivity contribution in [1.29, 1.82) is 0 Å². The second kappa shape index (κ2) is 43.2. The number of ether oxygens (including phenoxy) is 1. The number of hydrogen-bond acceptors (Lipinski definition) is 20. The zero-order chi connectivity index (χ0) is 102. The summed E-state index contributed by atoms with van der Waals surface area (Å²) >= 11 is 1.35. The topological polar surface area (TPSA) is 499 Å². The van der Waals surface area contributed by atoms with Crippen LogP contribution in [0, 0.1) is 104 Å². The van der Waals surface area contributed by atoms with Gasteiger partial charge in [-0.1, -0.05) is 212 Å². The Morgan fingerprint density at radius 2 is 0.928 bits per heavy atom. The van der Waals surface area contributed by atoms with Crippen LogP contribution in [0.15, 0.2) is 78.7 Å². The van der Waals surface area contributed by atoms with Crippen molar-refractivity contribution in [2.45, 2.75) is 288 Å². The van der Waals surface area contributed by atoms with Gasteiger partial charge >= 0.3 is 18.1 Å². The molecular formula is C103H147N15O19S. The summed E-state index contributed by atoms with van der Waals surface area (Å²) in [6.07, 6.45) is 9.57. The Bertz CT molecular complexity index is 5130. The van der Waals surface area contributed by atoms with Gasteiger partial charge in [-0.05, 0) is 178 Å². The van der Waals surface area contributed by atoms with Gasteiger partial charge in [-0.3, -0.25) is 71.9 Å². The van der Waals surface area contributed by atoms with Crippen LogP contribution < -0.4 is 69.4 Å². The number of likely N-dealkylation sites (tertiary alicyclic amines) is 3. The van der Waals surface area contributed by atoms with E-state index in [9.17, 15) is 86.3 Å². The number of thiophene rings is 1. The highest BCUT2D eigenvalue weighted by atomic mass is 32.1. The van der Waals surface area contributed by atoms with E-state index in [0.717, 1.165) is 49.7 Å². The highest BCUT2D eigenvalue weighted by Gasteiger charge is 2.73. The number of Topliss-reactive ketones (excluding diaryl/α,β-unsaturated/α-hetero) is 6. The molecule has 13 rings (SSSR count). The second-order valence-corrected chi connectivity index (χ2v) is 45.8. The molecule has 14 N–H and O–H groups in total. The van der Waals surface area contributed by atoms with Crippen molar-refractivity contribution >= 4 is 117 Å². The number of amides is 15. The Hall–Kier alpha value is -11.3. The van der Waals surface area contributed by atoms with E-state index in [0.29, 0.717) is 67.9 Å². The zero-order valence-electron chi connectivity index (χ0n) is 83.8. The average Bonchev–Trinajstić information content (AvgIpc) is 1.53. The van der Waals surface area contributed by atoms with Gasteiger partial charge in [0.25, 0.3) is 17.7 Å². The van der Waals surface area contributed by atoms with Crippen molar-refractivity contribution in [3.05, 3.63) is 100 Å². The first kappa shape index (κ1) is 107. The zero-order valence-corrected chi connectivity index (χ0v) is 84.6. The second-order valence-electron chi connectivity index (χ2n) is 44.8. The lowest BCUT2D eigenvalue weighted by Gasteiger charge is -2.38. The summed E-state index contributed by atoms with van der Waals surface area (Å²) in [5, 5.41) is 29.8. The van der Waals surface area contributed by atoms with E-state index in [-0.39, 0.29) is 136 Å². The summed E-state index contributed by atoms with van der Waals surface area (Å²) < 4.78 is 5.36. The molecular weight excluding hydrogens is 1780 g/mol. The van der Waals surface area contributed by atoms with Gasteiger partial charge in [-0.2, -0.15) is 0 Å². The van der Waals surface area contributed by atoms with Gasteiger partial charge in [0, 0.05) is 44.6 Å². The van der Waals surface area contributed by atoms with Gasteiger partial charge in [0.15, 0.2) is 17.3 Å². The molecule has 18 atom stereocenters. The number of carbonyl (C=O) groups is 18. The number of para-hydroxylation sites is 1. The standard InChI is InChI=1S/C36H53N5O7.C35H47N5O6.C32H47N5O6S/c1-11-15-23(29(43)32(45)37-18-12-2)38-31(44)27-25-22(36(25,8)9)19-41(27)33(46)30(35(5,6)7)40-34(47)39-26(20(3)4)28(42)21-16-13-14-17-24(21)48-10;1-17(2)26(29(41)19-11-12-19)38-34(46)39-27(22-14-20-7-5-6-8-21(20)15-22)33(45)40-16-23-25(35(23,3)4)28(40)32(44)37-24(13-18-9-10-18)30(42)31(36)43;1-16(2)19(14-21(38)22-9-8-12-44-22)35-30(43)36-26(31(3,4)5)29(42)37-15-18-23(32(18,6)7)24(37)28(41)34-20(13-17-10-11-17)25(39)27(33)40/h12-14,16-17,20,22-23,25-27,30H,2,11,15,18-19H2,1,3-10H3,(H,37,45)(H,38,44)(H2,39,40,47);5-8,17-19,22-28H,9-16H2,1-4H3,(H2,36,43)(H,37,44)(H2,38,39,46);8-9,12,16-20,23-24,26H,10-11,13-15H2,1-7H3,(H2,33,40)(H,34,41)(H2,35,36,43)/t22-,23?,25-,26-,27-,30+;23-,24?,25-,26-,27-,28-;18-,19+,20?,23-,24-,26+/m000/s1. The van der Waals surface area contributed by atoms with Crippen molar-refractivity contribution in [2.75, 3.05) is 33.3 Å². The Morgan fingerprint density at radius 1 is 0.507 bits per heavy atom. The SMILES string of the molecule is C=CCNC(=O)C(=O)C(CCC)NC(=O)[C@@H]1[C@@H]2[C@H](CN1C(=O)[C@@H](NC(=O)N[C@H](C(=O)c1ccccc1OC)C(C)C)C(C)(C)C)C2(C)C.CC(C)[C@@H](CC(=O)c1cccs1)NC(=O)N[C@H](C(=O)N1C[C@H]2[C@@H]([C@H]1C(=O)NC(CC1CC1)C(=O)C(N)=O)C2(C)C)C(C)(C)C.CC(C)[C@H](NC(=O)N[C@H](C(=O)N1C[C@H]2[C@@H]([C@H]1C(=O)NC(CC1CC1)C(=O)C(N)=O)C2(C)C)C1Cc2ccccc2C1)C(=O)C1CC1. The van der Waals surface area contributed by atoms with Crippen LogP contribution in [0.4, 0.5) is 14.4 Å². The third-order valence-electron chi connectivity index (χ3n) is 30.5. The first-order valence-corrected chi connectivity index (χ1v) is 50.0. The molecule has 0 spiro atoms. The lowest BCUT2D eigenvalue weighted by Crippen LogP contribution is -2.62. The Labute approximate surface area is 814 Å².